The van der Waals surface area contributed by atoms with Crippen molar-refractivity contribution in [2.75, 3.05) is 0 Å². The van der Waals surface area contributed by atoms with Crippen LogP contribution in [-0.2, 0) is 0 Å². The van der Waals surface area contributed by atoms with Crippen molar-refractivity contribution in [3.05, 3.63) is 12.2 Å². The molecule has 2 N–H and O–H groups in total. The van der Waals surface area contributed by atoms with E-state index in [2.05, 4.69) is 21.6 Å². The van der Waals surface area contributed by atoms with Crippen molar-refractivity contribution in [2.24, 2.45) is 5.73 Å². The maximum Gasteiger partial charge on any atom is 0.213 e. The Balaban J connectivity index is 2.15. The molecule has 1 heterocycles. The minimum absolute atomic E-state index is 0.0596. The average Bonchev–Trinajstić information content (AvgIpc) is 2.65. The summed E-state index contributed by atoms with van der Waals surface area (Å²) in [5, 5.41) is 3.70. The molecule has 0 aliphatic rings. The molecular weight excluding hydrogens is 166 g/mol. The van der Waals surface area contributed by atoms with Crippen LogP contribution in [0.2, 0.25) is 0 Å². The van der Waals surface area contributed by atoms with E-state index in [1.807, 2.05) is 0 Å². The van der Waals surface area contributed by atoms with Crippen LogP contribution in [0.4, 0.5) is 0 Å². The van der Waals surface area contributed by atoms with Gasteiger partial charge in [0.25, 0.3) is 0 Å². The van der Waals surface area contributed by atoms with Gasteiger partial charge in [0.1, 0.15) is 0 Å². The Morgan fingerprint density at radius 3 is 2.92 bits per heavy atom. The van der Waals surface area contributed by atoms with Gasteiger partial charge in [0.15, 0.2) is 5.82 Å². The molecule has 1 aromatic rings. The molecule has 13 heavy (non-hydrogen) atoms. The first-order chi connectivity index (χ1) is 6.34. The Bertz CT molecular complexity index is 211. The van der Waals surface area contributed by atoms with Gasteiger partial charge in [-0.2, -0.15) is 4.98 Å². The number of nitrogens with two attached hydrogens (primary N) is 1. The van der Waals surface area contributed by atoms with Gasteiger partial charge in [0, 0.05) is 0 Å². The molecule has 1 atom stereocenters. The maximum absolute atomic E-state index is 5.84. The van der Waals surface area contributed by atoms with Gasteiger partial charge < -0.3 is 10.3 Å². The predicted octanol–water partition coefficient (Wildman–Crippen LogP) is 2.04. The molecule has 0 bridgehead atoms. The lowest BCUT2D eigenvalue weighted by Gasteiger charge is -2.05. The quantitative estimate of drug-likeness (QED) is 0.685. The number of unbranched alkanes of at least 4 members (excludes halogenated alkanes) is 3. The van der Waals surface area contributed by atoms with Crippen LogP contribution in [0.5, 0.6) is 0 Å². The van der Waals surface area contributed by atoms with Gasteiger partial charge in [-0.05, 0) is 6.42 Å². The smallest absolute Gasteiger partial charge is 0.213 e. The van der Waals surface area contributed by atoms with Crippen LogP contribution in [-0.4, -0.2) is 10.1 Å². The summed E-state index contributed by atoms with van der Waals surface area (Å²) in [5.74, 6) is 0.622. The molecule has 1 rings (SSSR count). The van der Waals surface area contributed by atoms with Gasteiger partial charge in [-0.25, -0.2) is 0 Å². The monoisotopic (exact) mass is 183 g/mol. The van der Waals surface area contributed by atoms with Crippen LogP contribution in [0.1, 0.15) is 50.9 Å². The fourth-order valence-electron chi connectivity index (χ4n) is 1.26. The zero-order chi connectivity index (χ0) is 9.52. The van der Waals surface area contributed by atoms with Gasteiger partial charge >= 0.3 is 0 Å². The third-order valence-electron chi connectivity index (χ3n) is 2.08. The Morgan fingerprint density at radius 1 is 1.46 bits per heavy atom. The van der Waals surface area contributed by atoms with E-state index < -0.39 is 0 Å². The molecule has 0 saturated heterocycles. The van der Waals surface area contributed by atoms with E-state index in [-0.39, 0.29) is 6.04 Å². The van der Waals surface area contributed by atoms with Crippen LogP contribution >= 0.6 is 0 Å². The average molecular weight is 183 g/mol. The summed E-state index contributed by atoms with van der Waals surface area (Å²) < 4.78 is 4.62. The van der Waals surface area contributed by atoms with Crippen LogP contribution in [0.3, 0.4) is 0 Å². The predicted molar refractivity (Wildman–Crippen MR) is 50.0 cm³/mol. The van der Waals surface area contributed by atoms with E-state index in [1.54, 1.807) is 0 Å². The Labute approximate surface area is 78.5 Å². The molecule has 1 unspecified atom stereocenters. The number of hydrogen-bond donors (Lipinski definition) is 1. The molecule has 0 aliphatic carbocycles. The number of nitrogens with zero attached hydrogens (tertiary/aromatic N) is 2. The Hall–Kier alpha value is -0.900. The van der Waals surface area contributed by atoms with Crippen molar-refractivity contribution in [3.63, 3.8) is 0 Å². The summed E-state index contributed by atoms with van der Waals surface area (Å²) in [6.07, 6.45) is 7.17. The third-order valence-corrected chi connectivity index (χ3v) is 2.08. The largest absolute Gasteiger partial charge is 0.343 e. The second-order valence-electron chi connectivity index (χ2n) is 3.25. The van der Waals surface area contributed by atoms with Crippen molar-refractivity contribution < 1.29 is 4.52 Å². The minimum Gasteiger partial charge on any atom is -0.343 e. The van der Waals surface area contributed by atoms with Gasteiger partial charge in [-0.1, -0.05) is 37.8 Å². The van der Waals surface area contributed by atoms with Crippen LogP contribution in [0, 0.1) is 0 Å². The number of rotatable bonds is 6. The highest BCUT2D eigenvalue weighted by molar-refractivity contribution is 4.87. The summed E-state index contributed by atoms with van der Waals surface area (Å²) in [5.41, 5.74) is 5.84. The van der Waals surface area contributed by atoms with Gasteiger partial charge in [0.2, 0.25) is 6.39 Å². The first-order valence-electron chi connectivity index (χ1n) is 4.86. The lowest BCUT2D eigenvalue weighted by molar-refractivity contribution is 0.400. The van der Waals surface area contributed by atoms with Gasteiger partial charge in [0.05, 0.1) is 6.04 Å². The maximum atomic E-state index is 5.84. The van der Waals surface area contributed by atoms with E-state index in [1.165, 1.54) is 25.7 Å². The van der Waals surface area contributed by atoms with E-state index in [0.29, 0.717) is 5.82 Å². The van der Waals surface area contributed by atoms with Crippen molar-refractivity contribution in [1.29, 1.82) is 0 Å². The SMILES string of the molecule is CCCCCCC(N)c1ncon1. The van der Waals surface area contributed by atoms with E-state index in [0.717, 1.165) is 12.8 Å². The minimum atomic E-state index is -0.0596. The first kappa shape index (κ1) is 10.2. The molecule has 0 aliphatic heterocycles. The zero-order valence-electron chi connectivity index (χ0n) is 8.07. The topological polar surface area (TPSA) is 64.9 Å². The first-order valence-corrected chi connectivity index (χ1v) is 4.86. The molecule has 74 valence electrons. The van der Waals surface area contributed by atoms with E-state index >= 15 is 0 Å². The van der Waals surface area contributed by atoms with Crippen LogP contribution in [0.25, 0.3) is 0 Å². The summed E-state index contributed by atoms with van der Waals surface area (Å²) in [6, 6.07) is -0.0596. The lowest BCUT2D eigenvalue weighted by Crippen LogP contribution is -2.11. The number of aromatic nitrogens is 2. The zero-order valence-corrected chi connectivity index (χ0v) is 8.07. The van der Waals surface area contributed by atoms with Crippen molar-refractivity contribution >= 4 is 0 Å². The highest BCUT2D eigenvalue weighted by Crippen LogP contribution is 2.13. The highest BCUT2D eigenvalue weighted by Gasteiger charge is 2.09. The van der Waals surface area contributed by atoms with Crippen molar-refractivity contribution in [1.82, 2.24) is 10.1 Å². The number of hydrogen-bond acceptors (Lipinski definition) is 4. The molecule has 0 saturated carbocycles. The molecule has 0 spiro atoms. The fraction of sp³-hybridized carbons (Fsp3) is 0.778. The van der Waals surface area contributed by atoms with Crippen molar-refractivity contribution in [2.45, 2.75) is 45.1 Å². The molecule has 0 fully saturated rings. The van der Waals surface area contributed by atoms with Gasteiger partial charge in [-0.3, -0.25) is 0 Å². The standard InChI is InChI=1S/C9H17N3O/c1-2-3-4-5-6-8(10)9-11-7-13-12-9/h7-8H,2-6,10H2,1H3. The second-order valence-corrected chi connectivity index (χ2v) is 3.25. The van der Waals surface area contributed by atoms with Crippen molar-refractivity contribution in [3.8, 4) is 0 Å². The van der Waals surface area contributed by atoms with E-state index in [4.69, 9.17) is 5.73 Å². The molecule has 0 amide bonds. The van der Waals surface area contributed by atoms with E-state index in [9.17, 15) is 0 Å². The summed E-state index contributed by atoms with van der Waals surface area (Å²) in [4.78, 5) is 3.91. The highest BCUT2D eigenvalue weighted by atomic mass is 16.5. The molecule has 0 aromatic carbocycles. The third kappa shape index (κ3) is 3.55. The molecule has 0 radical (unpaired) electrons. The summed E-state index contributed by atoms with van der Waals surface area (Å²) in [6.45, 7) is 2.19. The molecule has 4 heteroatoms. The summed E-state index contributed by atoms with van der Waals surface area (Å²) >= 11 is 0. The lowest BCUT2D eigenvalue weighted by atomic mass is 10.1. The van der Waals surface area contributed by atoms with Crippen LogP contribution < -0.4 is 5.73 Å². The fourth-order valence-corrected chi connectivity index (χ4v) is 1.26. The molecule has 1 aromatic heterocycles. The molecular formula is C9H17N3O. The normalized spacial score (nSPS) is 13.1. The Kier molecular flexibility index (Phi) is 4.46. The second kappa shape index (κ2) is 5.70. The Morgan fingerprint density at radius 2 is 2.31 bits per heavy atom. The molecule has 4 nitrogen and oxygen atoms in total. The summed E-state index contributed by atoms with van der Waals surface area (Å²) in [7, 11) is 0. The van der Waals surface area contributed by atoms with Crippen LogP contribution in [0.15, 0.2) is 10.9 Å². The van der Waals surface area contributed by atoms with Gasteiger partial charge in [-0.15, -0.1) is 0 Å².